The lowest BCUT2D eigenvalue weighted by molar-refractivity contribution is 0.100. The van der Waals surface area contributed by atoms with Crippen LogP contribution in [-0.4, -0.2) is 45.7 Å². The molecule has 8 nitrogen and oxygen atoms in total. The quantitative estimate of drug-likeness (QED) is 0.577. The molecule has 0 aliphatic carbocycles. The molecule has 8 heteroatoms. The van der Waals surface area contributed by atoms with Gasteiger partial charge in [-0.15, -0.1) is 0 Å². The minimum Gasteiger partial charge on any atom is -0.369 e. The van der Waals surface area contributed by atoms with Crippen LogP contribution in [0.15, 0.2) is 46.6 Å². The number of carbonyl (C=O) groups is 1. The fourth-order valence-electron chi connectivity index (χ4n) is 2.64. The van der Waals surface area contributed by atoms with Crippen molar-refractivity contribution < 1.29 is 4.79 Å². The number of nitrogens with one attached hydrogen (secondary N) is 1. The number of hydrogen-bond donors (Lipinski definition) is 3. The zero-order valence-electron chi connectivity index (χ0n) is 13.9. The number of piperidine rings is 1. The Morgan fingerprint density at radius 3 is 2.44 bits per heavy atom. The lowest BCUT2D eigenvalue weighted by Gasteiger charge is -2.27. The van der Waals surface area contributed by atoms with Crippen molar-refractivity contribution >= 4 is 23.4 Å². The van der Waals surface area contributed by atoms with Crippen molar-refractivity contribution in [2.75, 3.05) is 13.1 Å². The number of carbonyl (C=O) groups excluding carboxylic acids is 1. The first kappa shape index (κ1) is 16.7. The predicted octanol–water partition coefficient (Wildman–Crippen LogP) is 1.39. The molecule has 1 amide bonds. The summed E-state index contributed by atoms with van der Waals surface area (Å²) in [5, 5.41) is 0. The minimum atomic E-state index is -0.478. The highest BCUT2D eigenvalue weighted by Gasteiger charge is 2.14. The smallest absolute Gasteiger partial charge is 0.248 e. The molecule has 2 heterocycles. The van der Waals surface area contributed by atoms with Crippen LogP contribution in [0.3, 0.4) is 0 Å². The number of primary amides is 1. The van der Waals surface area contributed by atoms with E-state index in [0.717, 1.165) is 25.9 Å². The molecule has 0 atom stereocenters. The Bertz CT molecular complexity index is 772. The van der Waals surface area contributed by atoms with Gasteiger partial charge in [0.2, 0.25) is 5.91 Å². The molecule has 2 aromatic rings. The number of hydrogen-bond acceptors (Lipinski definition) is 3. The van der Waals surface area contributed by atoms with Gasteiger partial charge in [0, 0.05) is 31.0 Å². The highest BCUT2D eigenvalue weighted by atomic mass is 16.1. The molecule has 0 spiro atoms. The van der Waals surface area contributed by atoms with Crippen LogP contribution in [0.5, 0.6) is 0 Å². The van der Waals surface area contributed by atoms with Gasteiger partial charge in [-0.25, -0.2) is 9.98 Å². The number of imidazole rings is 1. The number of rotatable bonds is 3. The van der Waals surface area contributed by atoms with Gasteiger partial charge in [-0.3, -0.25) is 4.79 Å². The van der Waals surface area contributed by atoms with E-state index in [1.807, 2.05) is 0 Å². The van der Waals surface area contributed by atoms with E-state index >= 15 is 0 Å². The van der Waals surface area contributed by atoms with Crippen LogP contribution in [0.2, 0.25) is 0 Å². The fraction of sp³-hybridized carbons (Fsp3) is 0.294. The van der Waals surface area contributed by atoms with Crippen LogP contribution in [0.1, 0.15) is 35.4 Å². The highest BCUT2D eigenvalue weighted by molar-refractivity contribution is 6.04. The average molecular weight is 339 g/mol. The highest BCUT2D eigenvalue weighted by Crippen LogP contribution is 2.15. The van der Waals surface area contributed by atoms with E-state index in [4.69, 9.17) is 11.5 Å². The number of aliphatic imine (C=N–C) groups is 2. The molecule has 0 unspecified atom stereocenters. The molecule has 3 rings (SSSR count). The van der Waals surface area contributed by atoms with Crippen LogP contribution in [0.4, 0.5) is 5.69 Å². The fourth-order valence-corrected chi connectivity index (χ4v) is 2.64. The molecule has 1 saturated heterocycles. The van der Waals surface area contributed by atoms with Crippen LogP contribution in [0, 0.1) is 0 Å². The van der Waals surface area contributed by atoms with Gasteiger partial charge in [0.25, 0.3) is 0 Å². The Morgan fingerprint density at radius 2 is 1.84 bits per heavy atom. The number of nitrogens with zero attached hydrogens (tertiary/aromatic N) is 4. The first-order chi connectivity index (χ1) is 12.1. The maximum Gasteiger partial charge on any atom is 0.248 e. The Labute approximate surface area is 145 Å². The van der Waals surface area contributed by atoms with Crippen molar-refractivity contribution in [1.82, 2.24) is 14.9 Å². The van der Waals surface area contributed by atoms with Gasteiger partial charge in [-0.05, 0) is 43.5 Å². The second kappa shape index (κ2) is 7.61. The molecule has 25 heavy (non-hydrogen) atoms. The Hall–Kier alpha value is -3.16. The third-order valence-corrected chi connectivity index (χ3v) is 4.00. The minimum absolute atomic E-state index is 0.389. The third kappa shape index (κ3) is 4.23. The van der Waals surface area contributed by atoms with Gasteiger partial charge in [0.1, 0.15) is 0 Å². The number of H-pyrrole nitrogens is 1. The molecule has 0 bridgehead atoms. The second-order valence-corrected chi connectivity index (χ2v) is 5.80. The number of benzene rings is 1. The monoisotopic (exact) mass is 339 g/mol. The van der Waals surface area contributed by atoms with E-state index < -0.39 is 5.91 Å². The Kier molecular flexibility index (Phi) is 5.08. The summed E-state index contributed by atoms with van der Waals surface area (Å²) in [7, 11) is 0. The van der Waals surface area contributed by atoms with Gasteiger partial charge >= 0.3 is 0 Å². The standard InChI is InChI=1S/C17H21N7O/c18-14(25)12-4-6-13(7-5-12)22-16(15-20-8-9-21-15)23-17(19)24-10-2-1-3-11-24/h4-9H,1-3,10-11H2,(H2,18,25)(H,20,21)(H2,19,22,23). The molecule has 1 fully saturated rings. The lowest BCUT2D eigenvalue weighted by atomic mass is 10.1. The molecule has 0 radical (unpaired) electrons. The third-order valence-electron chi connectivity index (χ3n) is 4.00. The zero-order chi connectivity index (χ0) is 17.6. The Morgan fingerprint density at radius 1 is 1.12 bits per heavy atom. The first-order valence-electron chi connectivity index (χ1n) is 8.21. The average Bonchev–Trinajstić information content (AvgIpc) is 3.17. The van der Waals surface area contributed by atoms with E-state index in [1.165, 1.54) is 6.42 Å². The van der Waals surface area contributed by atoms with Crippen molar-refractivity contribution in [2.45, 2.75) is 19.3 Å². The SMILES string of the molecule is NC(=O)c1ccc(N=C(N=C(N)N2CCCCC2)c2ncc[nH]2)cc1. The zero-order valence-corrected chi connectivity index (χ0v) is 13.9. The van der Waals surface area contributed by atoms with Gasteiger partial charge in [-0.2, -0.15) is 4.99 Å². The Balaban J connectivity index is 1.90. The van der Waals surface area contributed by atoms with Crippen molar-refractivity contribution in [2.24, 2.45) is 21.5 Å². The topological polar surface area (TPSA) is 126 Å². The van der Waals surface area contributed by atoms with E-state index in [0.29, 0.717) is 28.9 Å². The molecule has 1 aliphatic heterocycles. The molecular formula is C17H21N7O. The molecule has 1 aromatic heterocycles. The summed E-state index contributed by atoms with van der Waals surface area (Å²) in [6.45, 7) is 1.79. The van der Waals surface area contributed by atoms with Gasteiger partial charge in [-0.1, -0.05) is 0 Å². The van der Waals surface area contributed by atoms with Gasteiger partial charge < -0.3 is 21.4 Å². The summed E-state index contributed by atoms with van der Waals surface area (Å²) < 4.78 is 0. The lowest BCUT2D eigenvalue weighted by Crippen LogP contribution is -2.41. The van der Waals surface area contributed by atoms with E-state index in [1.54, 1.807) is 36.7 Å². The summed E-state index contributed by atoms with van der Waals surface area (Å²) >= 11 is 0. The number of aromatic nitrogens is 2. The van der Waals surface area contributed by atoms with E-state index in [-0.39, 0.29) is 0 Å². The number of aromatic amines is 1. The molecule has 1 aromatic carbocycles. The molecular weight excluding hydrogens is 318 g/mol. The van der Waals surface area contributed by atoms with Crippen LogP contribution in [-0.2, 0) is 0 Å². The van der Waals surface area contributed by atoms with E-state index in [2.05, 4.69) is 24.9 Å². The summed E-state index contributed by atoms with van der Waals surface area (Å²) in [5.41, 5.74) is 12.5. The predicted molar refractivity (Wildman–Crippen MR) is 96.8 cm³/mol. The summed E-state index contributed by atoms with van der Waals surface area (Å²) in [6, 6.07) is 6.66. The maximum absolute atomic E-state index is 11.2. The number of likely N-dealkylation sites (tertiary alicyclic amines) is 1. The van der Waals surface area contributed by atoms with Crippen molar-refractivity contribution in [3.05, 3.63) is 48.0 Å². The molecule has 0 saturated carbocycles. The normalized spacial score (nSPS) is 16.1. The van der Waals surface area contributed by atoms with Gasteiger partial charge in [0.05, 0.1) is 5.69 Å². The number of amidine groups is 1. The first-order valence-corrected chi connectivity index (χ1v) is 8.21. The summed E-state index contributed by atoms with van der Waals surface area (Å²) in [6.07, 6.45) is 6.77. The van der Waals surface area contributed by atoms with Crippen LogP contribution < -0.4 is 11.5 Å². The summed E-state index contributed by atoms with van der Waals surface area (Å²) in [5.74, 6) is 0.872. The molecule has 1 aliphatic rings. The summed E-state index contributed by atoms with van der Waals surface area (Å²) in [4.78, 5) is 29.4. The van der Waals surface area contributed by atoms with E-state index in [9.17, 15) is 4.79 Å². The van der Waals surface area contributed by atoms with Crippen LogP contribution >= 0.6 is 0 Å². The van der Waals surface area contributed by atoms with Gasteiger partial charge in [0.15, 0.2) is 17.6 Å². The van der Waals surface area contributed by atoms with Crippen molar-refractivity contribution in [3.63, 3.8) is 0 Å². The number of guanidine groups is 1. The molecule has 130 valence electrons. The largest absolute Gasteiger partial charge is 0.369 e. The second-order valence-electron chi connectivity index (χ2n) is 5.80. The number of nitrogens with two attached hydrogens (primary N) is 2. The van der Waals surface area contributed by atoms with Crippen LogP contribution in [0.25, 0.3) is 0 Å². The maximum atomic E-state index is 11.2. The van der Waals surface area contributed by atoms with Crippen molar-refractivity contribution in [3.8, 4) is 0 Å². The number of amides is 1. The molecule has 5 N–H and O–H groups in total. The van der Waals surface area contributed by atoms with Crippen molar-refractivity contribution in [1.29, 1.82) is 0 Å².